The van der Waals surface area contributed by atoms with E-state index >= 15 is 0 Å². The van der Waals surface area contributed by atoms with Crippen LogP contribution in [0.5, 0.6) is 0 Å². The summed E-state index contributed by atoms with van der Waals surface area (Å²) in [5, 5.41) is 9.43. The number of aromatic nitrogens is 1. The quantitative estimate of drug-likeness (QED) is 0.803. The molecule has 1 aromatic rings. The van der Waals surface area contributed by atoms with Crippen LogP contribution in [0.4, 0.5) is 5.82 Å². The Bertz CT molecular complexity index is 420. The second kappa shape index (κ2) is 4.84. The van der Waals surface area contributed by atoms with Gasteiger partial charge < -0.3 is 10.0 Å². The molecule has 17 heavy (non-hydrogen) atoms. The number of anilines is 1. The molecular formula is C13H18N2O2. The Labute approximate surface area is 101 Å². The molecule has 1 saturated heterocycles. The first kappa shape index (κ1) is 12.0. The average Bonchev–Trinajstić information content (AvgIpc) is 2.70. The van der Waals surface area contributed by atoms with Crippen LogP contribution in [0.25, 0.3) is 0 Å². The number of carbonyl (C=O) groups is 1. The zero-order valence-corrected chi connectivity index (χ0v) is 10.3. The molecule has 2 rings (SSSR count). The number of hydrogen-bond acceptors (Lipinski definition) is 4. The van der Waals surface area contributed by atoms with Gasteiger partial charge in [0.1, 0.15) is 5.82 Å². The molecule has 0 bridgehead atoms. The van der Waals surface area contributed by atoms with Crippen LogP contribution in [0.3, 0.4) is 0 Å². The number of aryl methyl sites for hydroxylation is 1. The highest BCUT2D eigenvalue weighted by molar-refractivity contribution is 5.75. The Balaban J connectivity index is 2.31. The Kier molecular flexibility index (Phi) is 3.43. The SMILES string of the molecule is Cc1cc(C=O)cnc1N1CCC(C)C1CO. The van der Waals surface area contributed by atoms with Gasteiger partial charge >= 0.3 is 0 Å². The normalized spacial score (nSPS) is 24.1. The second-order valence-corrected chi connectivity index (χ2v) is 4.74. The van der Waals surface area contributed by atoms with E-state index in [0.717, 1.165) is 30.6 Å². The van der Waals surface area contributed by atoms with Crippen molar-refractivity contribution in [3.63, 3.8) is 0 Å². The minimum atomic E-state index is 0.142. The predicted molar refractivity (Wildman–Crippen MR) is 66.4 cm³/mol. The topological polar surface area (TPSA) is 53.4 Å². The van der Waals surface area contributed by atoms with Gasteiger partial charge in [0.2, 0.25) is 0 Å². The number of aldehydes is 1. The molecule has 1 aliphatic heterocycles. The minimum Gasteiger partial charge on any atom is -0.394 e. The van der Waals surface area contributed by atoms with E-state index in [4.69, 9.17) is 0 Å². The molecular weight excluding hydrogens is 216 g/mol. The number of pyridine rings is 1. The molecule has 0 radical (unpaired) electrons. The number of nitrogens with zero attached hydrogens (tertiary/aromatic N) is 2. The van der Waals surface area contributed by atoms with Crippen molar-refractivity contribution in [1.82, 2.24) is 4.98 Å². The highest BCUT2D eigenvalue weighted by Gasteiger charge is 2.32. The molecule has 0 aromatic carbocycles. The molecule has 2 heterocycles. The maximum absolute atomic E-state index is 10.7. The standard InChI is InChI=1S/C13H18N2O2/c1-9-3-4-15(12(9)8-17)13-10(2)5-11(7-16)6-14-13/h5-7,9,12,17H,3-4,8H2,1-2H3. The third kappa shape index (κ3) is 2.17. The summed E-state index contributed by atoms with van der Waals surface area (Å²) >= 11 is 0. The van der Waals surface area contributed by atoms with Crippen LogP contribution in [0.2, 0.25) is 0 Å². The Morgan fingerprint density at radius 2 is 2.41 bits per heavy atom. The fourth-order valence-electron chi connectivity index (χ4n) is 2.50. The molecule has 4 heteroatoms. The Morgan fingerprint density at radius 1 is 1.65 bits per heavy atom. The summed E-state index contributed by atoms with van der Waals surface area (Å²) in [5.41, 5.74) is 1.58. The third-order valence-electron chi connectivity index (χ3n) is 3.55. The van der Waals surface area contributed by atoms with Gasteiger partial charge in [0, 0.05) is 18.3 Å². The van der Waals surface area contributed by atoms with E-state index in [0.29, 0.717) is 11.5 Å². The van der Waals surface area contributed by atoms with E-state index in [-0.39, 0.29) is 12.6 Å². The molecule has 0 spiro atoms. The first-order chi connectivity index (χ1) is 8.17. The third-order valence-corrected chi connectivity index (χ3v) is 3.55. The summed E-state index contributed by atoms with van der Waals surface area (Å²) < 4.78 is 0. The van der Waals surface area contributed by atoms with Crippen LogP contribution in [-0.4, -0.2) is 35.6 Å². The maximum Gasteiger partial charge on any atom is 0.151 e. The van der Waals surface area contributed by atoms with Gasteiger partial charge in [-0.3, -0.25) is 4.79 Å². The molecule has 0 saturated carbocycles. The molecule has 92 valence electrons. The first-order valence-electron chi connectivity index (χ1n) is 5.96. The average molecular weight is 234 g/mol. The van der Waals surface area contributed by atoms with Gasteiger partial charge in [-0.25, -0.2) is 4.98 Å². The second-order valence-electron chi connectivity index (χ2n) is 4.74. The molecule has 2 unspecified atom stereocenters. The number of rotatable bonds is 3. The monoisotopic (exact) mass is 234 g/mol. The summed E-state index contributed by atoms with van der Waals surface area (Å²) in [6, 6.07) is 1.98. The van der Waals surface area contributed by atoms with Crippen molar-refractivity contribution in [2.24, 2.45) is 5.92 Å². The maximum atomic E-state index is 10.7. The van der Waals surface area contributed by atoms with Crippen molar-refractivity contribution in [1.29, 1.82) is 0 Å². The van der Waals surface area contributed by atoms with Crippen molar-refractivity contribution in [3.8, 4) is 0 Å². The van der Waals surface area contributed by atoms with E-state index in [1.54, 1.807) is 6.20 Å². The van der Waals surface area contributed by atoms with Crippen molar-refractivity contribution < 1.29 is 9.90 Å². The van der Waals surface area contributed by atoms with Crippen LogP contribution < -0.4 is 4.90 Å². The zero-order valence-electron chi connectivity index (χ0n) is 10.3. The number of aliphatic hydroxyl groups excluding tert-OH is 1. The fourth-order valence-corrected chi connectivity index (χ4v) is 2.50. The van der Waals surface area contributed by atoms with Gasteiger partial charge in [-0.1, -0.05) is 6.92 Å². The summed E-state index contributed by atoms with van der Waals surface area (Å²) in [7, 11) is 0. The van der Waals surface area contributed by atoms with Crippen molar-refractivity contribution in [3.05, 3.63) is 23.4 Å². The first-order valence-corrected chi connectivity index (χ1v) is 5.96. The summed E-state index contributed by atoms with van der Waals surface area (Å²) in [5.74, 6) is 1.37. The molecule has 1 aromatic heterocycles. The minimum absolute atomic E-state index is 0.142. The zero-order chi connectivity index (χ0) is 12.4. The van der Waals surface area contributed by atoms with Gasteiger partial charge in [-0.15, -0.1) is 0 Å². The molecule has 0 amide bonds. The van der Waals surface area contributed by atoms with E-state index in [2.05, 4.69) is 16.8 Å². The van der Waals surface area contributed by atoms with E-state index in [1.165, 1.54) is 0 Å². The van der Waals surface area contributed by atoms with E-state index in [9.17, 15) is 9.90 Å². The Morgan fingerprint density at radius 3 is 3.00 bits per heavy atom. The van der Waals surface area contributed by atoms with Crippen LogP contribution in [0.1, 0.15) is 29.3 Å². The molecule has 2 atom stereocenters. The molecule has 1 aliphatic rings. The lowest BCUT2D eigenvalue weighted by molar-refractivity contribution is 0.112. The van der Waals surface area contributed by atoms with Gasteiger partial charge in [-0.2, -0.15) is 0 Å². The summed E-state index contributed by atoms with van der Waals surface area (Å²) in [6.07, 6.45) is 3.47. The van der Waals surface area contributed by atoms with E-state index < -0.39 is 0 Å². The highest BCUT2D eigenvalue weighted by atomic mass is 16.3. The molecule has 1 fully saturated rings. The van der Waals surface area contributed by atoms with Gasteiger partial charge in [0.25, 0.3) is 0 Å². The lowest BCUT2D eigenvalue weighted by atomic mass is 10.0. The van der Waals surface area contributed by atoms with Crippen LogP contribution in [0, 0.1) is 12.8 Å². The number of carbonyl (C=O) groups excluding carboxylic acids is 1. The predicted octanol–water partition coefficient (Wildman–Crippen LogP) is 1.41. The van der Waals surface area contributed by atoms with Gasteiger partial charge in [0.05, 0.1) is 12.6 Å². The molecule has 0 aliphatic carbocycles. The molecule has 1 N–H and O–H groups in total. The summed E-state index contributed by atoms with van der Waals surface area (Å²) in [6.45, 7) is 5.17. The van der Waals surface area contributed by atoms with E-state index in [1.807, 2.05) is 13.0 Å². The lowest BCUT2D eigenvalue weighted by Gasteiger charge is -2.27. The van der Waals surface area contributed by atoms with Crippen molar-refractivity contribution >= 4 is 12.1 Å². The van der Waals surface area contributed by atoms with Gasteiger partial charge in [0.15, 0.2) is 6.29 Å². The number of hydrogen-bond donors (Lipinski definition) is 1. The van der Waals surface area contributed by atoms with Gasteiger partial charge in [-0.05, 0) is 30.9 Å². The molecule has 4 nitrogen and oxygen atoms in total. The lowest BCUT2D eigenvalue weighted by Crippen LogP contribution is -2.36. The highest BCUT2D eigenvalue weighted by Crippen LogP contribution is 2.30. The van der Waals surface area contributed by atoms with Crippen LogP contribution in [-0.2, 0) is 0 Å². The smallest absolute Gasteiger partial charge is 0.151 e. The number of aliphatic hydroxyl groups is 1. The fraction of sp³-hybridized carbons (Fsp3) is 0.538. The van der Waals surface area contributed by atoms with Crippen molar-refractivity contribution in [2.45, 2.75) is 26.3 Å². The van der Waals surface area contributed by atoms with Crippen LogP contribution >= 0.6 is 0 Å². The van der Waals surface area contributed by atoms with Crippen molar-refractivity contribution in [2.75, 3.05) is 18.1 Å². The summed E-state index contributed by atoms with van der Waals surface area (Å²) in [4.78, 5) is 17.2. The largest absolute Gasteiger partial charge is 0.394 e. The Hall–Kier alpha value is -1.42. The van der Waals surface area contributed by atoms with Crippen LogP contribution in [0.15, 0.2) is 12.3 Å².